The molecule has 1 aromatic heterocycles. The Morgan fingerprint density at radius 2 is 2.10 bits per heavy atom. The molecule has 2 aromatic rings. The molecule has 1 atom stereocenters. The minimum atomic E-state index is -2.78. The van der Waals surface area contributed by atoms with E-state index in [0.29, 0.717) is 5.92 Å². The molecule has 1 aliphatic rings. The van der Waals surface area contributed by atoms with E-state index in [2.05, 4.69) is 23.6 Å². The number of aromatic amines is 1. The van der Waals surface area contributed by atoms with E-state index in [1.165, 1.54) is 24.8 Å². The predicted molar refractivity (Wildman–Crippen MR) is 79.9 cm³/mol. The summed E-state index contributed by atoms with van der Waals surface area (Å²) in [5.74, 6) is 0.689. The van der Waals surface area contributed by atoms with Crippen molar-refractivity contribution in [3.63, 3.8) is 0 Å². The van der Waals surface area contributed by atoms with Gasteiger partial charge in [0.1, 0.15) is 5.75 Å². The Labute approximate surface area is 123 Å². The summed E-state index contributed by atoms with van der Waals surface area (Å²) >= 11 is 0. The lowest BCUT2D eigenvalue weighted by Crippen LogP contribution is -2.25. The van der Waals surface area contributed by atoms with Crippen LogP contribution in [0.3, 0.4) is 0 Å². The number of aromatic nitrogens is 1. The van der Waals surface area contributed by atoms with Crippen molar-refractivity contribution in [1.82, 2.24) is 4.98 Å². The first kappa shape index (κ1) is 14.4. The van der Waals surface area contributed by atoms with Crippen LogP contribution in [0.15, 0.2) is 24.4 Å². The third-order valence-electron chi connectivity index (χ3n) is 4.79. The van der Waals surface area contributed by atoms with E-state index in [0.717, 1.165) is 17.3 Å². The number of nitrogens with one attached hydrogen (secondary N) is 1. The molecule has 1 heterocycles. The summed E-state index contributed by atoms with van der Waals surface area (Å²) < 4.78 is 29.3. The Bertz CT molecular complexity index is 633. The van der Waals surface area contributed by atoms with Crippen LogP contribution in [0.25, 0.3) is 10.9 Å². The highest BCUT2D eigenvalue weighted by Crippen LogP contribution is 2.48. The topological polar surface area (TPSA) is 25.0 Å². The average Bonchev–Trinajstić information content (AvgIpc) is 2.80. The van der Waals surface area contributed by atoms with Crippen LogP contribution in [0, 0.1) is 5.41 Å². The van der Waals surface area contributed by atoms with Gasteiger partial charge in [-0.15, -0.1) is 0 Å². The lowest BCUT2D eigenvalue weighted by atomic mass is 9.66. The Morgan fingerprint density at radius 1 is 1.29 bits per heavy atom. The largest absolute Gasteiger partial charge is 0.435 e. The third-order valence-corrected chi connectivity index (χ3v) is 4.79. The molecule has 21 heavy (non-hydrogen) atoms. The Kier molecular flexibility index (Phi) is 3.64. The Morgan fingerprint density at radius 3 is 2.81 bits per heavy atom. The van der Waals surface area contributed by atoms with Gasteiger partial charge in [-0.2, -0.15) is 8.78 Å². The monoisotopic (exact) mass is 293 g/mol. The van der Waals surface area contributed by atoms with Crippen LogP contribution in [0.1, 0.15) is 51.0 Å². The van der Waals surface area contributed by atoms with E-state index in [1.807, 2.05) is 12.3 Å². The fraction of sp³-hybridized carbons (Fsp3) is 0.529. The average molecular weight is 293 g/mol. The van der Waals surface area contributed by atoms with Crippen molar-refractivity contribution in [2.24, 2.45) is 5.41 Å². The van der Waals surface area contributed by atoms with Gasteiger partial charge in [-0.05, 0) is 47.9 Å². The molecule has 0 bridgehead atoms. The first-order valence-corrected chi connectivity index (χ1v) is 7.53. The van der Waals surface area contributed by atoms with Crippen molar-refractivity contribution in [1.29, 1.82) is 0 Å². The molecule has 3 rings (SSSR count). The molecule has 1 aliphatic carbocycles. The van der Waals surface area contributed by atoms with Crippen molar-refractivity contribution >= 4 is 10.9 Å². The number of hydrogen-bond acceptors (Lipinski definition) is 1. The number of rotatable bonds is 3. The standard InChI is InChI=1S/C17H21F2NO/c1-17(2)8-4-3-5-14(17)13-10-20-15-7-6-11(9-12(13)15)21-16(18)19/h6-7,9-10,14,16,20H,3-5,8H2,1-2H3. The number of alkyl halides is 2. The first-order chi connectivity index (χ1) is 9.97. The molecular weight excluding hydrogens is 272 g/mol. The third kappa shape index (κ3) is 2.76. The van der Waals surface area contributed by atoms with E-state index in [4.69, 9.17) is 0 Å². The summed E-state index contributed by atoms with van der Waals surface area (Å²) in [6.45, 7) is 1.82. The highest BCUT2D eigenvalue weighted by molar-refractivity contribution is 5.85. The lowest BCUT2D eigenvalue weighted by molar-refractivity contribution is -0.0497. The van der Waals surface area contributed by atoms with Crippen LogP contribution in [-0.4, -0.2) is 11.6 Å². The van der Waals surface area contributed by atoms with Gasteiger partial charge in [0.15, 0.2) is 0 Å². The molecule has 114 valence electrons. The van der Waals surface area contributed by atoms with Gasteiger partial charge in [0.2, 0.25) is 0 Å². The molecule has 0 aliphatic heterocycles. The van der Waals surface area contributed by atoms with E-state index in [9.17, 15) is 8.78 Å². The van der Waals surface area contributed by atoms with Crippen LogP contribution < -0.4 is 4.74 Å². The summed E-state index contributed by atoms with van der Waals surface area (Å²) in [7, 11) is 0. The highest BCUT2D eigenvalue weighted by Gasteiger charge is 2.34. The summed E-state index contributed by atoms with van der Waals surface area (Å²) in [5.41, 5.74) is 2.45. The summed E-state index contributed by atoms with van der Waals surface area (Å²) in [5, 5.41) is 1.01. The molecule has 1 saturated carbocycles. The van der Waals surface area contributed by atoms with Crippen molar-refractivity contribution in [3.05, 3.63) is 30.0 Å². The van der Waals surface area contributed by atoms with E-state index >= 15 is 0 Å². The van der Waals surface area contributed by atoms with Gasteiger partial charge in [0, 0.05) is 17.1 Å². The number of fused-ring (bicyclic) bond motifs is 1. The smallest absolute Gasteiger partial charge is 0.387 e. The molecule has 0 saturated heterocycles. The van der Waals surface area contributed by atoms with Crippen LogP contribution in [0.4, 0.5) is 8.78 Å². The second-order valence-electron chi connectivity index (χ2n) is 6.62. The van der Waals surface area contributed by atoms with Crippen LogP contribution >= 0.6 is 0 Å². The Hall–Kier alpha value is -1.58. The number of H-pyrrole nitrogens is 1. The molecular formula is C17H21F2NO. The molecule has 0 amide bonds. The fourth-order valence-corrected chi connectivity index (χ4v) is 3.66. The minimum absolute atomic E-state index is 0.229. The maximum absolute atomic E-state index is 12.4. The van der Waals surface area contributed by atoms with Crippen LogP contribution in [0.5, 0.6) is 5.75 Å². The van der Waals surface area contributed by atoms with E-state index < -0.39 is 6.61 Å². The number of hydrogen-bond donors (Lipinski definition) is 1. The van der Waals surface area contributed by atoms with Gasteiger partial charge in [0.05, 0.1) is 0 Å². The number of ether oxygens (including phenoxy) is 1. The molecule has 1 unspecified atom stereocenters. The first-order valence-electron chi connectivity index (χ1n) is 7.53. The van der Waals surface area contributed by atoms with Gasteiger partial charge >= 0.3 is 6.61 Å². The molecule has 1 fully saturated rings. The SMILES string of the molecule is CC1(C)CCCCC1c1c[nH]c2ccc(OC(F)F)cc12. The quantitative estimate of drug-likeness (QED) is 0.799. The molecule has 2 nitrogen and oxygen atoms in total. The molecule has 0 spiro atoms. The van der Waals surface area contributed by atoms with Gasteiger partial charge < -0.3 is 9.72 Å². The lowest BCUT2D eigenvalue weighted by Gasteiger charge is -2.38. The second-order valence-corrected chi connectivity index (χ2v) is 6.62. The molecule has 1 N–H and O–H groups in total. The summed E-state index contributed by atoms with van der Waals surface area (Å²) in [6, 6.07) is 5.13. The maximum Gasteiger partial charge on any atom is 0.387 e. The normalized spacial score (nSPS) is 21.9. The summed E-state index contributed by atoms with van der Waals surface area (Å²) in [4.78, 5) is 3.26. The van der Waals surface area contributed by atoms with E-state index in [-0.39, 0.29) is 11.2 Å². The minimum Gasteiger partial charge on any atom is -0.435 e. The zero-order valence-corrected chi connectivity index (χ0v) is 12.5. The maximum atomic E-state index is 12.4. The zero-order chi connectivity index (χ0) is 15.0. The molecule has 1 aromatic carbocycles. The van der Waals surface area contributed by atoms with Gasteiger partial charge in [-0.3, -0.25) is 0 Å². The van der Waals surface area contributed by atoms with Gasteiger partial charge in [-0.1, -0.05) is 26.7 Å². The van der Waals surface area contributed by atoms with Crippen molar-refractivity contribution in [2.45, 2.75) is 52.1 Å². The van der Waals surface area contributed by atoms with Gasteiger partial charge in [0.25, 0.3) is 0 Å². The van der Waals surface area contributed by atoms with Crippen molar-refractivity contribution in [2.75, 3.05) is 0 Å². The number of halogens is 2. The Balaban J connectivity index is 2.01. The fourth-order valence-electron chi connectivity index (χ4n) is 3.66. The summed E-state index contributed by atoms with van der Waals surface area (Å²) in [6.07, 6.45) is 6.89. The molecule has 0 radical (unpaired) electrons. The predicted octanol–water partition coefficient (Wildman–Crippen LogP) is 5.45. The number of benzene rings is 1. The van der Waals surface area contributed by atoms with Crippen molar-refractivity contribution in [3.8, 4) is 5.75 Å². The van der Waals surface area contributed by atoms with Gasteiger partial charge in [-0.25, -0.2) is 0 Å². The zero-order valence-electron chi connectivity index (χ0n) is 12.5. The second kappa shape index (κ2) is 5.32. The van der Waals surface area contributed by atoms with Crippen LogP contribution in [0.2, 0.25) is 0 Å². The van der Waals surface area contributed by atoms with E-state index in [1.54, 1.807) is 12.1 Å². The van der Waals surface area contributed by atoms with Crippen molar-refractivity contribution < 1.29 is 13.5 Å². The molecule has 4 heteroatoms. The van der Waals surface area contributed by atoms with Crippen LogP contribution in [-0.2, 0) is 0 Å². The highest BCUT2D eigenvalue weighted by atomic mass is 19.3.